The van der Waals surface area contributed by atoms with E-state index in [1.54, 1.807) is 24.5 Å². The van der Waals surface area contributed by atoms with Gasteiger partial charge in [-0.2, -0.15) is 0 Å². The highest BCUT2D eigenvalue weighted by molar-refractivity contribution is 5.52. The number of aromatic nitrogens is 1. The van der Waals surface area contributed by atoms with E-state index in [0.717, 1.165) is 6.20 Å². The highest BCUT2D eigenvalue weighted by Gasteiger charge is 2.17. The monoisotopic (exact) mass is 223 g/mol. The van der Waals surface area contributed by atoms with Crippen LogP contribution in [0.1, 0.15) is 0 Å². The first-order valence-corrected chi connectivity index (χ1v) is 4.42. The van der Waals surface area contributed by atoms with E-state index >= 15 is 0 Å². The van der Waals surface area contributed by atoms with Gasteiger partial charge >= 0.3 is 0 Å². The number of nitrogens with one attached hydrogen (secondary N) is 2. The summed E-state index contributed by atoms with van der Waals surface area (Å²) in [6.45, 7) is 0. The molecule has 8 heteroatoms. The summed E-state index contributed by atoms with van der Waals surface area (Å²) in [7, 11) is 1.74. The Kier molecular flexibility index (Phi) is 2.33. The van der Waals surface area contributed by atoms with Crippen LogP contribution in [0.15, 0.2) is 29.5 Å². The molecule has 84 valence electrons. The maximum Gasteiger partial charge on any atom is 0.287 e. The van der Waals surface area contributed by atoms with E-state index in [2.05, 4.69) is 10.5 Å². The number of aromatic amines is 1. The third-order valence-corrected chi connectivity index (χ3v) is 2.04. The topological polar surface area (TPSA) is 94.5 Å². The lowest BCUT2D eigenvalue weighted by molar-refractivity contribution is -0.385. The molecule has 0 aromatic carbocycles. The SMILES string of the molecule is CN1C=CN(c2cc([N+](=O)[O-])c[nH]c2=O)N1. The van der Waals surface area contributed by atoms with Crippen LogP contribution in [0.4, 0.5) is 11.4 Å². The van der Waals surface area contributed by atoms with Gasteiger partial charge in [0.15, 0.2) is 0 Å². The molecule has 16 heavy (non-hydrogen) atoms. The normalized spacial score (nSPS) is 14.6. The van der Waals surface area contributed by atoms with E-state index in [9.17, 15) is 14.9 Å². The van der Waals surface area contributed by atoms with E-state index in [1.807, 2.05) is 0 Å². The van der Waals surface area contributed by atoms with Crippen LogP contribution in [0.25, 0.3) is 0 Å². The van der Waals surface area contributed by atoms with E-state index in [-0.39, 0.29) is 11.4 Å². The molecule has 0 saturated carbocycles. The van der Waals surface area contributed by atoms with Gasteiger partial charge in [0.1, 0.15) is 5.69 Å². The molecule has 2 heterocycles. The number of anilines is 1. The zero-order valence-electron chi connectivity index (χ0n) is 8.38. The number of rotatable bonds is 2. The summed E-state index contributed by atoms with van der Waals surface area (Å²) in [5.74, 6) is 0. The van der Waals surface area contributed by atoms with Crippen molar-refractivity contribution in [3.8, 4) is 0 Å². The summed E-state index contributed by atoms with van der Waals surface area (Å²) < 4.78 is 0. The van der Waals surface area contributed by atoms with Crippen LogP contribution in [0.2, 0.25) is 0 Å². The van der Waals surface area contributed by atoms with Gasteiger partial charge < -0.3 is 4.98 Å². The van der Waals surface area contributed by atoms with E-state index in [1.165, 1.54) is 11.1 Å². The van der Waals surface area contributed by atoms with Crippen molar-refractivity contribution in [2.75, 3.05) is 12.1 Å². The van der Waals surface area contributed by atoms with E-state index < -0.39 is 10.5 Å². The summed E-state index contributed by atoms with van der Waals surface area (Å²) in [6.07, 6.45) is 4.34. The molecule has 0 aliphatic carbocycles. The second kappa shape index (κ2) is 3.66. The van der Waals surface area contributed by atoms with Crippen molar-refractivity contribution in [3.05, 3.63) is 45.1 Å². The van der Waals surface area contributed by atoms with Gasteiger partial charge in [0, 0.05) is 25.5 Å². The first-order valence-electron chi connectivity index (χ1n) is 4.42. The lowest BCUT2D eigenvalue weighted by Gasteiger charge is -2.17. The molecular weight excluding hydrogens is 214 g/mol. The van der Waals surface area contributed by atoms with Crippen LogP contribution in [-0.4, -0.2) is 22.0 Å². The Morgan fingerprint density at radius 1 is 1.44 bits per heavy atom. The van der Waals surface area contributed by atoms with Crippen molar-refractivity contribution in [3.63, 3.8) is 0 Å². The van der Waals surface area contributed by atoms with Gasteiger partial charge in [0.05, 0.1) is 11.1 Å². The van der Waals surface area contributed by atoms with E-state index in [4.69, 9.17) is 0 Å². The van der Waals surface area contributed by atoms with Crippen molar-refractivity contribution < 1.29 is 4.92 Å². The van der Waals surface area contributed by atoms with Gasteiger partial charge in [0.2, 0.25) is 0 Å². The van der Waals surface area contributed by atoms with Crippen LogP contribution < -0.4 is 16.1 Å². The van der Waals surface area contributed by atoms with Gasteiger partial charge in [-0.05, 0) is 0 Å². The average Bonchev–Trinajstić information content (AvgIpc) is 2.65. The first-order chi connectivity index (χ1) is 7.58. The molecule has 0 radical (unpaired) electrons. The Labute approximate surface area is 89.9 Å². The summed E-state index contributed by atoms with van der Waals surface area (Å²) in [6, 6.07) is 1.20. The van der Waals surface area contributed by atoms with Crippen LogP contribution in [0.5, 0.6) is 0 Å². The number of hydrogen-bond donors (Lipinski definition) is 2. The van der Waals surface area contributed by atoms with Crippen LogP contribution in [0, 0.1) is 10.1 Å². The summed E-state index contributed by atoms with van der Waals surface area (Å²) in [5, 5.41) is 13.6. The lowest BCUT2D eigenvalue weighted by Crippen LogP contribution is -2.39. The van der Waals surface area contributed by atoms with Crippen molar-refractivity contribution in [2.45, 2.75) is 0 Å². The fraction of sp³-hybridized carbons (Fsp3) is 0.125. The standard InChI is InChI=1S/C8H9N5O3/c1-11-2-3-12(10-11)7-4-6(13(15)16)5-9-8(7)14/h2-5,10H,1H3,(H,9,14). The quantitative estimate of drug-likeness (QED) is 0.538. The number of hydrogen-bond acceptors (Lipinski definition) is 6. The molecule has 0 bridgehead atoms. The molecule has 0 saturated heterocycles. The van der Waals surface area contributed by atoms with E-state index in [0.29, 0.717) is 0 Å². The van der Waals surface area contributed by atoms with Gasteiger partial charge in [-0.1, -0.05) is 0 Å². The van der Waals surface area contributed by atoms with Crippen LogP contribution in [0.3, 0.4) is 0 Å². The molecule has 8 nitrogen and oxygen atoms in total. The fourth-order valence-electron chi connectivity index (χ4n) is 1.28. The van der Waals surface area contributed by atoms with Crippen molar-refractivity contribution in [1.82, 2.24) is 15.5 Å². The molecule has 1 aromatic heterocycles. The molecule has 2 rings (SSSR count). The number of hydrazine groups is 2. The molecular formula is C8H9N5O3. The fourth-order valence-corrected chi connectivity index (χ4v) is 1.28. The second-order valence-electron chi connectivity index (χ2n) is 3.21. The third-order valence-electron chi connectivity index (χ3n) is 2.04. The molecule has 2 N–H and O–H groups in total. The Morgan fingerprint density at radius 2 is 2.19 bits per heavy atom. The highest BCUT2D eigenvalue weighted by atomic mass is 16.6. The zero-order chi connectivity index (χ0) is 11.7. The molecule has 0 spiro atoms. The van der Waals surface area contributed by atoms with Crippen LogP contribution >= 0.6 is 0 Å². The van der Waals surface area contributed by atoms with Gasteiger partial charge in [-0.15, -0.1) is 5.53 Å². The number of nitro groups is 1. The maximum atomic E-state index is 11.5. The zero-order valence-corrected chi connectivity index (χ0v) is 8.38. The van der Waals surface area contributed by atoms with Gasteiger partial charge in [-0.25, -0.2) is 0 Å². The number of nitrogens with zero attached hydrogens (tertiary/aromatic N) is 3. The maximum absolute atomic E-state index is 11.5. The average molecular weight is 223 g/mol. The number of pyridine rings is 1. The third kappa shape index (κ3) is 1.73. The van der Waals surface area contributed by atoms with Crippen molar-refractivity contribution >= 4 is 11.4 Å². The molecule has 1 aromatic rings. The Morgan fingerprint density at radius 3 is 2.75 bits per heavy atom. The second-order valence-corrected chi connectivity index (χ2v) is 3.21. The summed E-state index contributed by atoms with van der Waals surface area (Å²) in [5.41, 5.74) is 2.38. The minimum absolute atomic E-state index is 0.162. The lowest BCUT2D eigenvalue weighted by atomic mass is 10.3. The molecule has 0 amide bonds. The van der Waals surface area contributed by atoms with Crippen molar-refractivity contribution in [2.24, 2.45) is 0 Å². The minimum atomic E-state index is -0.567. The Balaban J connectivity index is 2.40. The predicted molar refractivity (Wildman–Crippen MR) is 56.2 cm³/mol. The van der Waals surface area contributed by atoms with Gasteiger partial charge in [0.25, 0.3) is 11.2 Å². The van der Waals surface area contributed by atoms with Gasteiger partial charge in [-0.3, -0.25) is 24.9 Å². The summed E-state index contributed by atoms with van der Waals surface area (Å²) >= 11 is 0. The Bertz CT molecular complexity index is 509. The molecule has 1 aliphatic rings. The minimum Gasteiger partial charge on any atom is -0.321 e. The molecule has 0 fully saturated rings. The Hall–Kier alpha value is -2.35. The number of H-pyrrole nitrogens is 1. The molecule has 0 atom stereocenters. The van der Waals surface area contributed by atoms with Crippen molar-refractivity contribution in [1.29, 1.82) is 0 Å². The largest absolute Gasteiger partial charge is 0.321 e. The summed E-state index contributed by atoms with van der Waals surface area (Å²) in [4.78, 5) is 23.8. The first kappa shape index (κ1) is 10.2. The van der Waals surface area contributed by atoms with Crippen LogP contribution in [-0.2, 0) is 0 Å². The predicted octanol–water partition coefficient (Wildman–Crippen LogP) is -0.0743. The highest BCUT2D eigenvalue weighted by Crippen LogP contribution is 2.16. The smallest absolute Gasteiger partial charge is 0.287 e. The molecule has 0 unspecified atom stereocenters. The molecule has 1 aliphatic heterocycles.